The van der Waals surface area contributed by atoms with Crippen LogP contribution in [-0.4, -0.2) is 18.3 Å². The summed E-state index contributed by atoms with van der Waals surface area (Å²) >= 11 is 0. The van der Waals surface area contributed by atoms with Crippen molar-refractivity contribution >= 4 is 0 Å². The smallest absolute Gasteiger partial charge is 0.0943 e. The van der Waals surface area contributed by atoms with Gasteiger partial charge in [-0.2, -0.15) is 0 Å². The average Bonchev–Trinajstić information content (AvgIpc) is 2.24. The molecular formula is C14H20O2. The van der Waals surface area contributed by atoms with Gasteiger partial charge in [-0.05, 0) is 43.0 Å². The molecule has 1 aromatic carbocycles. The number of benzene rings is 1. The molecule has 0 atom stereocenters. The van der Waals surface area contributed by atoms with Gasteiger partial charge in [0.05, 0.1) is 5.60 Å². The van der Waals surface area contributed by atoms with Crippen molar-refractivity contribution in [2.24, 2.45) is 0 Å². The minimum absolute atomic E-state index is 0.656. The molecule has 2 rings (SSSR count). The summed E-state index contributed by atoms with van der Waals surface area (Å²) in [6.07, 6.45) is 1.41. The zero-order valence-corrected chi connectivity index (χ0v) is 10.3. The lowest BCUT2D eigenvalue weighted by Gasteiger charge is -2.34. The third-order valence-electron chi connectivity index (χ3n) is 3.66. The highest BCUT2D eigenvalue weighted by molar-refractivity contribution is 5.39. The van der Waals surface area contributed by atoms with Crippen molar-refractivity contribution in [3.05, 3.63) is 34.4 Å². The van der Waals surface area contributed by atoms with E-state index in [0.29, 0.717) is 26.1 Å². The Bertz CT molecular complexity index is 390. The maximum atomic E-state index is 10.7. The molecule has 88 valence electrons. The van der Waals surface area contributed by atoms with Crippen LogP contribution >= 0.6 is 0 Å². The van der Waals surface area contributed by atoms with E-state index >= 15 is 0 Å². The number of rotatable bonds is 1. The van der Waals surface area contributed by atoms with E-state index in [1.165, 1.54) is 16.7 Å². The second-order valence-corrected chi connectivity index (χ2v) is 4.90. The monoisotopic (exact) mass is 220 g/mol. The fraction of sp³-hybridized carbons (Fsp3) is 0.571. The fourth-order valence-corrected chi connectivity index (χ4v) is 2.44. The van der Waals surface area contributed by atoms with E-state index in [4.69, 9.17) is 4.74 Å². The van der Waals surface area contributed by atoms with Gasteiger partial charge in [-0.15, -0.1) is 0 Å². The minimum atomic E-state index is -0.680. The molecule has 0 unspecified atom stereocenters. The van der Waals surface area contributed by atoms with Crippen molar-refractivity contribution in [3.8, 4) is 0 Å². The van der Waals surface area contributed by atoms with Gasteiger partial charge < -0.3 is 9.84 Å². The quantitative estimate of drug-likeness (QED) is 0.788. The number of aliphatic hydroxyl groups is 1. The summed E-state index contributed by atoms with van der Waals surface area (Å²) in [5, 5.41) is 10.7. The first-order chi connectivity index (χ1) is 7.53. The van der Waals surface area contributed by atoms with Crippen LogP contribution in [-0.2, 0) is 10.3 Å². The van der Waals surface area contributed by atoms with Crippen molar-refractivity contribution in [3.63, 3.8) is 0 Å². The summed E-state index contributed by atoms with van der Waals surface area (Å²) in [5.74, 6) is 0. The molecule has 0 saturated carbocycles. The predicted molar refractivity (Wildman–Crippen MR) is 64.6 cm³/mol. The average molecular weight is 220 g/mol. The van der Waals surface area contributed by atoms with E-state index in [-0.39, 0.29) is 0 Å². The molecule has 2 nitrogen and oxygen atoms in total. The summed E-state index contributed by atoms with van der Waals surface area (Å²) < 4.78 is 5.32. The normalized spacial score (nSPS) is 19.8. The third-order valence-corrected chi connectivity index (χ3v) is 3.66. The van der Waals surface area contributed by atoms with Crippen molar-refractivity contribution in [1.82, 2.24) is 0 Å². The Morgan fingerprint density at radius 2 is 1.56 bits per heavy atom. The maximum absolute atomic E-state index is 10.7. The van der Waals surface area contributed by atoms with Crippen LogP contribution in [0.1, 0.15) is 35.1 Å². The van der Waals surface area contributed by atoms with Crippen LogP contribution in [0, 0.1) is 20.8 Å². The number of ether oxygens (including phenoxy) is 1. The lowest BCUT2D eigenvalue weighted by atomic mass is 9.82. The molecule has 1 fully saturated rings. The molecule has 0 radical (unpaired) electrons. The summed E-state index contributed by atoms with van der Waals surface area (Å²) in [4.78, 5) is 0. The van der Waals surface area contributed by atoms with Crippen molar-refractivity contribution in [2.45, 2.75) is 39.2 Å². The Hall–Kier alpha value is -0.860. The molecular weight excluding hydrogens is 200 g/mol. The second kappa shape index (κ2) is 4.19. The van der Waals surface area contributed by atoms with Crippen molar-refractivity contribution in [2.75, 3.05) is 13.2 Å². The fourth-order valence-electron chi connectivity index (χ4n) is 2.44. The summed E-state index contributed by atoms with van der Waals surface area (Å²) in [6.45, 7) is 7.60. The van der Waals surface area contributed by atoms with Crippen LogP contribution in [0.15, 0.2) is 12.1 Å². The first-order valence-corrected chi connectivity index (χ1v) is 5.91. The molecule has 0 bridgehead atoms. The SMILES string of the molecule is Cc1cc(C)c(C2(O)CCOCC2)cc1C. The number of hydrogen-bond donors (Lipinski definition) is 1. The zero-order chi connectivity index (χ0) is 11.8. The molecule has 16 heavy (non-hydrogen) atoms. The van der Waals surface area contributed by atoms with E-state index in [9.17, 15) is 5.11 Å². The van der Waals surface area contributed by atoms with Crippen LogP contribution in [0.2, 0.25) is 0 Å². The van der Waals surface area contributed by atoms with E-state index in [1.807, 2.05) is 0 Å². The topological polar surface area (TPSA) is 29.5 Å². The predicted octanol–water partition coefficient (Wildman–Crippen LogP) is 2.61. The van der Waals surface area contributed by atoms with Crippen LogP contribution in [0.3, 0.4) is 0 Å². The van der Waals surface area contributed by atoms with Crippen LogP contribution in [0.5, 0.6) is 0 Å². The Labute approximate surface area is 97.3 Å². The lowest BCUT2D eigenvalue weighted by Crippen LogP contribution is -2.34. The van der Waals surface area contributed by atoms with Gasteiger partial charge >= 0.3 is 0 Å². The molecule has 1 aliphatic rings. The van der Waals surface area contributed by atoms with Gasteiger partial charge in [-0.25, -0.2) is 0 Å². The highest BCUT2D eigenvalue weighted by Crippen LogP contribution is 2.34. The molecule has 1 saturated heterocycles. The molecule has 1 N–H and O–H groups in total. The third kappa shape index (κ3) is 2.00. The molecule has 1 heterocycles. The van der Waals surface area contributed by atoms with Gasteiger partial charge in [-0.1, -0.05) is 12.1 Å². The Morgan fingerprint density at radius 3 is 2.19 bits per heavy atom. The molecule has 2 heteroatoms. The van der Waals surface area contributed by atoms with Gasteiger partial charge in [0.15, 0.2) is 0 Å². The Morgan fingerprint density at radius 1 is 1.00 bits per heavy atom. The number of aryl methyl sites for hydroxylation is 3. The minimum Gasteiger partial charge on any atom is -0.385 e. The molecule has 1 aromatic rings. The lowest BCUT2D eigenvalue weighted by molar-refractivity contribution is -0.0682. The van der Waals surface area contributed by atoms with Gasteiger partial charge in [0.25, 0.3) is 0 Å². The highest BCUT2D eigenvalue weighted by Gasteiger charge is 2.33. The van der Waals surface area contributed by atoms with Crippen molar-refractivity contribution in [1.29, 1.82) is 0 Å². The van der Waals surface area contributed by atoms with Crippen LogP contribution in [0.25, 0.3) is 0 Å². The number of hydrogen-bond acceptors (Lipinski definition) is 2. The summed E-state index contributed by atoms with van der Waals surface area (Å²) in [5.41, 5.74) is 4.13. The first-order valence-electron chi connectivity index (χ1n) is 5.91. The second-order valence-electron chi connectivity index (χ2n) is 4.90. The molecule has 0 spiro atoms. The molecule has 1 aliphatic heterocycles. The van der Waals surface area contributed by atoms with E-state index in [0.717, 1.165) is 5.56 Å². The summed E-state index contributed by atoms with van der Waals surface area (Å²) in [6, 6.07) is 4.30. The van der Waals surface area contributed by atoms with E-state index in [1.54, 1.807) is 0 Å². The molecule has 0 aliphatic carbocycles. The van der Waals surface area contributed by atoms with Crippen molar-refractivity contribution < 1.29 is 9.84 Å². The Kier molecular flexibility index (Phi) is 3.04. The van der Waals surface area contributed by atoms with Crippen LogP contribution < -0.4 is 0 Å². The Balaban J connectivity index is 2.42. The van der Waals surface area contributed by atoms with E-state index < -0.39 is 5.60 Å². The standard InChI is InChI=1S/C14H20O2/c1-10-8-12(3)13(9-11(10)2)14(15)4-6-16-7-5-14/h8-9,15H,4-7H2,1-3H3. The first kappa shape index (κ1) is 11.6. The van der Waals surface area contributed by atoms with Gasteiger partial charge in [0, 0.05) is 26.1 Å². The molecule has 0 aromatic heterocycles. The van der Waals surface area contributed by atoms with E-state index in [2.05, 4.69) is 32.9 Å². The van der Waals surface area contributed by atoms with Gasteiger partial charge in [-0.3, -0.25) is 0 Å². The largest absolute Gasteiger partial charge is 0.385 e. The van der Waals surface area contributed by atoms with Gasteiger partial charge in [0.1, 0.15) is 0 Å². The zero-order valence-electron chi connectivity index (χ0n) is 10.3. The van der Waals surface area contributed by atoms with Crippen LogP contribution in [0.4, 0.5) is 0 Å². The molecule has 0 amide bonds. The maximum Gasteiger partial charge on any atom is 0.0943 e. The summed E-state index contributed by atoms with van der Waals surface area (Å²) in [7, 11) is 0. The highest BCUT2D eigenvalue weighted by atomic mass is 16.5. The van der Waals surface area contributed by atoms with Gasteiger partial charge in [0.2, 0.25) is 0 Å².